The quantitative estimate of drug-likeness (QED) is 0.0222. The highest BCUT2D eigenvalue weighted by Crippen LogP contribution is 2.45. The Bertz CT molecular complexity index is 1760. The van der Waals surface area contributed by atoms with Gasteiger partial charge in [0.05, 0.1) is 26.4 Å². The second kappa shape index (κ2) is 63.1. The SMILES string of the molecule is CCCCCCCCCCCCCC(=O)OC[C@H](COP(=O)(O)OC[C@@H](O)COP(=O)(O)OC[C@@H](COC(=O)CCCCCCCCC(C)CC)OC(=O)CCCCCCCCCCCCC)OC(=O)CCCCCCCCCCCCCCCCC(C)CC. The average Bonchev–Trinajstić information content (AvgIpc) is 2.64. The van der Waals surface area contributed by atoms with Crippen molar-refractivity contribution in [2.75, 3.05) is 39.6 Å². The van der Waals surface area contributed by atoms with Gasteiger partial charge in [-0.1, -0.05) is 311 Å². The van der Waals surface area contributed by atoms with E-state index in [0.29, 0.717) is 25.7 Å². The summed E-state index contributed by atoms with van der Waals surface area (Å²) >= 11 is 0. The van der Waals surface area contributed by atoms with Crippen molar-refractivity contribution < 1.29 is 80.2 Å². The molecule has 7 atom stereocenters. The molecule has 3 N–H and O–H groups in total. The molecule has 0 amide bonds. The smallest absolute Gasteiger partial charge is 0.462 e. The van der Waals surface area contributed by atoms with Crippen LogP contribution in [0.3, 0.4) is 0 Å². The van der Waals surface area contributed by atoms with Gasteiger partial charge in [-0.3, -0.25) is 37.3 Å². The molecule has 0 saturated heterocycles. The maximum absolute atomic E-state index is 13.0. The third-order valence-electron chi connectivity index (χ3n) is 17.2. The number of aliphatic hydroxyl groups excluding tert-OH is 1. The van der Waals surface area contributed by atoms with Gasteiger partial charge in [0.1, 0.15) is 19.3 Å². The van der Waals surface area contributed by atoms with E-state index in [4.69, 9.17) is 37.0 Å². The van der Waals surface area contributed by atoms with Gasteiger partial charge in [-0.2, -0.15) is 0 Å². The van der Waals surface area contributed by atoms with Crippen molar-refractivity contribution in [3.63, 3.8) is 0 Å². The minimum absolute atomic E-state index is 0.106. The maximum atomic E-state index is 13.0. The number of rotatable bonds is 70. The summed E-state index contributed by atoms with van der Waals surface area (Å²) in [6.45, 7) is 9.56. The fourth-order valence-corrected chi connectivity index (χ4v) is 12.3. The number of hydrogen-bond donors (Lipinski definition) is 3. The minimum Gasteiger partial charge on any atom is -0.462 e. The molecule has 19 heteroatoms. The molecule has 0 heterocycles. The summed E-state index contributed by atoms with van der Waals surface area (Å²) in [5.74, 6) is -0.545. The lowest BCUT2D eigenvalue weighted by atomic mass is 9.99. The van der Waals surface area contributed by atoms with E-state index in [1.165, 1.54) is 173 Å². The molecular weight excluding hydrogens is 1190 g/mol. The van der Waals surface area contributed by atoms with E-state index >= 15 is 0 Å². The first-order valence-corrected chi connectivity index (χ1v) is 40.1. The van der Waals surface area contributed by atoms with E-state index < -0.39 is 97.5 Å². The van der Waals surface area contributed by atoms with Crippen molar-refractivity contribution in [3.8, 4) is 0 Å². The fraction of sp³-hybridized carbons (Fsp3) is 0.944. The van der Waals surface area contributed by atoms with Crippen LogP contribution in [0.15, 0.2) is 0 Å². The monoisotopic (exact) mass is 1320 g/mol. The molecule has 0 spiro atoms. The van der Waals surface area contributed by atoms with Crippen LogP contribution in [0.5, 0.6) is 0 Å². The number of phosphoric ester groups is 2. The Hall–Kier alpha value is -1.94. The van der Waals surface area contributed by atoms with E-state index in [2.05, 4.69) is 41.5 Å². The Morgan fingerprint density at radius 3 is 0.789 bits per heavy atom. The molecule has 0 saturated carbocycles. The zero-order chi connectivity index (χ0) is 66.5. The molecule has 4 unspecified atom stereocenters. The lowest BCUT2D eigenvalue weighted by Crippen LogP contribution is -2.30. The Morgan fingerprint density at radius 2 is 0.533 bits per heavy atom. The van der Waals surface area contributed by atoms with Gasteiger partial charge in [0.25, 0.3) is 0 Å². The Morgan fingerprint density at radius 1 is 0.311 bits per heavy atom. The normalized spacial score (nSPS) is 14.7. The third-order valence-corrected chi connectivity index (χ3v) is 19.1. The summed E-state index contributed by atoms with van der Waals surface area (Å²) in [5, 5.41) is 10.6. The van der Waals surface area contributed by atoms with E-state index in [0.717, 1.165) is 108 Å². The van der Waals surface area contributed by atoms with E-state index in [1.54, 1.807) is 0 Å². The van der Waals surface area contributed by atoms with Gasteiger partial charge in [-0.05, 0) is 37.5 Å². The van der Waals surface area contributed by atoms with Crippen molar-refractivity contribution in [3.05, 3.63) is 0 Å². The second-order valence-corrected chi connectivity index (χ2v) is 29.0. The summed E-state index contributed by atoms with van der Waals surface area (Å²) in [5.41, 5.74) is 0. The van der Waals surface area contributed by atoms with Gasteiger partial charge < -0.3 is 33.8 Å². The van der Waals surface area contributed by atoms with Crippen molar-refractivity contribution in [1.82, 2.24) is 0 Å². The topological polar surface area (TPSA) is 237 Å². The van der Waals surface area contributed by atoms with Crippen LogP contribution in [0.25, 0.3) is 0 Å². The average molecular weight is 1330 g/mol. The first-order valence-electron chi connectivity index (χ1n) is 37.1. The van der Waals surface area contributed by atoms with Crippen molar-refractivity contribution in [1.29, 1.82) is 0 Å². The molecule has 0 aliphatic heterocycles. The molecule has 0 aliphatic rings. The highest BCUT2D eigenvalue weighted by Gasteiger charge is 2.30. The number of ether oxygens (including phenoxy) is 4. The molecular formula is C71H138O17P2. The van der Waals surface area contributed by atoms with E-state index in [9.17, 15) is 43.2 Å². The first kappa shape index (κ1) is 88.1. The van der Waals surface area contributed by atoms with Crippen LogP contribution in [-0.2, 0) is 65.4 Å². The molecule has 17 nitrogen and oxygen atoms in total. The molecule has 0 aliphatic carbocycles. The maximum Gasteiger partial charge on any atom is 0.472 e. The summed E-state index contributed by atoms with van der Waals surface area (Å²) in [4.78, 5) is 72.5. The fourth-order valence-electron chi connectivity index (χ4n) is 10.7. The second-order valence-electron chi connectivity index (χ2n) is 26.1. The first-order chi connectivity index (χ1) is 43.4. The number of esters is 4. The number of hydrogen-bond acceptors (Lipinski definition) is 15. The summed E-state index contributed by atoms with van der Waals surface area (Å²) < 4.78 is 68.3. The molecule has 0 aromatic carbocycles. The summed E-state index contributed by atoms with van der Waals surface area (Å²) in [6, 6.07) is 0. The summed E-state index contributed by atoms with van der Waals surface area (Å²) in [7, 11) is -9.90. The molecule has 0 radical (unpaired) electrons. The molecule has 0 aromatic rings. The van der Waals surface area contributed by atoms with E-state index in [-0.39, 0.29) is 25.7 Å². The standard InChI is InChI=1S/C71H138O17P2/c1-7-11-13-15-17-19-25-30-34-41-47-53-68(73)81-59-66(87-71(76)56-50-44-36-32-28-24-22-21-23-27-29-33-39-45-51-63(5)9-3)61-85-89(77,78)83-57-65(72)58-84-90(79,80)86-62-67(60-82-69(74)54-48-42-38-37-40-46-52-64(6)10-4)88-70(75)55-49-43-35-31-26-20-18-16-14-12-8-2/h63-67,72H,7-62H2,1-6H3,(H,77,78)(H,79,80)/t63?,64?,65-,66-,67-/m1/s1. The van der Waals surface area contributed by atoms with Crippen LogP contribution >= 0.6 is 15.6 Å². The van der Waals surface area contributed by atoms with Crippen molar-refractivity contribution >= 4 is 39.5 Å². The largest absolute Gasteiger partial charge is 0.472 e. The third kappa shape index (κ3) is 62.2. The Labute approximate surface area is 549 Å². The van der Waals surface area contributed by atoms with Crippen molar-refractivity contribution in [2.24, 2.45) is 11.8 Å². The molecule has 90 heavy (non-hydrogen) atoms. The lowest BCUT2D eigenvalue weighted by molar-refractivity contribution is -0.161. The van der Waals surface area contributed by atoms with Crippen LogP contribution in [-0.4, -0.2) is 96.7 Å². The number of phosphoric acid groups is 2. The minimum atomic E-state index is -4.95. The molecule has 0 fully saturated rings. The van der Waals surface area contributed by atoms with Gasteiger partial charge in [0.2, 0.25) is 0 Å². The zero-order valence-electron chi connectivity index (χ0n) is 58.4. The zero-order valence-corrected chi connectivity index (χ0v) is 60.2. The Kier molecular flexibility index (Phi) is 61.8. The van der Waals surface area contributed by atoms with Crippen LogP contribution in [0.2, 0.25) is 0 Å². The number of aliphatic hydroxyl groups is 1. The predicted octanol–water partition coefficient (Wildman–Crippen LogP) is 20.4. The highest BCUT2D eigenvalue weighted by atomic mass is 31.2. The van der Waals surface area contributed by atoms with Crippen LogP contribution in [0.4, 0.5) is 0 Å². The lowest BCUT2D eigenvalue weighted by Gasteiger charge is -2.21. The number of carbonyl (C=O) groups excluding carboxylic acids is 4. The van der Waals surface area contributed by atoms with Gasteiger partial charge >= 0.3 is 39.5 Å². The molecule has 0 aromatic heterocycles. The van der Waals surface area contributed by atoms with Gasteiger partial charge in [0.15, 0.2) is 12.2 Å². The van der Waals surface area contributed by atoms with Crippen LogP contribution in [0.1, 0.15) is 363 Å². The van der Waals surface area contributed by atoms with Gasteiger partial charge in [-0.25, -0.2) is 9.13 Å². The number of unbranched alkanes of at least 4 members (excludes halogenated alkanes) is 38. The molecule has 534 valence electrons. The van der Waals surface area contributed by atoms with Gasteiger partial charge in [0, 0.05) is 25.7 Å². The Balaban J connectivity index is 5.22. The van der Waals surface area contributed by atoms with Crippen molar-refractivity contribution in [2.45, 2.75) is 381 Å². The molecule has 0 bridgehead atoms. The highest BCUT2D eigenvalue weighted by molar-refractivity contribution is 7.47. The van der Waals surface area contributed by atoms with E-state index in [1.807, 2.05) is 0 Å². The summed E-state index contributed by atoms with van der Waals surface area (Å²) in [6.07, 6.45) is 48.4. The van der Waals surface area contributed by atoms with Crippen LogP contribution in [0, 0.1) is 11.8 Å². The predicted molar refractivity (Wildman–Crippen MR) is 363 cm³/mol. The molecule has 0 rings (SSSR count). The number of carbonyl (C=O) groups is 4. The van der Waals surface area contributed by atoms with Gasteiger partial charge in [-0.15, -0.1) is 0 Å². The van der Waals surface area contributed by atoms with Crippen LogP contribution < -0.4 is 0 Å².